The Morgan fingerprint density at radius 3 is 2.16 bits per heavy atom. The number of hydrogen-bond donors (Lipinski definition) is 1. The third-order valence-electron chi connectivity index (χ3n) is 7.30. The second-order valence-corrected chi connectivity index (χ2v) is 11.1. The van der Waals surface area contributed by atoms with Crippen molar-refractivity contribution in [3.63, 3.8) is 0 Å². The summed E-state index contributed by atoms with van der Waals surface area (Å²) in [6.07, 6.45) is 4.72. The second kappa shape index (κ2) is 15.5. The maximum absolute atomic E-state index is 12.2. The number of hydrogen-bond acceptors (Lipinski definition) is 10. The Hall–Kier alpha value is -4.45. The third kappa shape index (κ3) is 8.81. The molecular formula is C34H41N5O6. The van der Waals surface area contributed by atoms with Gasteiger partial charge in [-0.3, -0.25) is 4.79 Å². The van der Waals surface area contributed by atoms with Gasteiger partial charge in [0.15, 0.2) is 11.5 Å². The van der Waals surface area contributed by atoms with Gasteiger partial charge in [-0.25, -0.2) is 9.97 Å². The summed E-state index contributed by atoms with van der Waals surface area (Å²) in [6.45, 7) is 4.26. The van der Waals surface area contributed by atoms with Crippen LogP contribution in [0.3, 0.4) is 0 Å². The first-order valence-electron chi connectivity index (χ1n) is 15.1. The largest absolute Gasteiger partial charge is 0.491 e. The van der Waals surface area contributed by atoms with Gasteiger partial charge in [0.2, 0.25) is 5.91 Å². The third-order valence-corrected chi connectivity index (χ3v) is 7.30. The van der Waals surface area contributed by atoms with Crippen molar-refractivity contribution in [2.24, 2.45) is 0 Å². The maximum atomic E-state index is 12.2. The lowest BCUT2D eigenvalue weighted by molar-refractivity contribution is -0.120. The molecule has 0 saturated carbocycles. The van der Waals surface area contributed by atoms with Gasteiger partial charge in [0.1, 0.15) is 34.9 Å². The minimum Gasteiger partial charge on any atom is -0.491 e. The highest BCUT2D eigenvalue weighted by Gasteiger charge is 2.14. The van der Waals surface area contributed by atoms with Crippen molar-refractivity contribution >= 4 is 33.5 Å². The molecule has 0 atom stereocenters. The summed E-state index contributed by atoms with van der Waals surface area (Å²) in [4.78, 5) is 25.6. The molecule has 0 saturated heterocycles. The van der Waals surface area contributed by atoms with Gasteiger partial charge in [-0.1, -0.05) is 0 Å². The van der Waals surface area contributed by atoms with Crippen LogP contribution in [-0.2, 0) is 14.3 Å². The summed E-state index contributed by atoms with van der Waals surface area (Å²) < 4.78 is 28.4. The Kier molecular flexibility index (Phi) is 11.0. The first kappa shape index (κ1) is 32.0. The van der Waals surface area contributed by atoms with E-state index in [2.05, 4.69) is 25.1 Å². The summed E-state index contributed by atoms with van der Waals surface area (Å²) >= 11 is 0. The first-order valence-corrected chi connectivity index (χ1v) is 15.1. The van der Waals surface area contributed by atoms with Gasteiger partial charge in [-0.05, 0) is 63.5 Å². The van der Waals surface area contributed by atoms with Crippen molar-refractivity contribution in [3.8, 4) is 28.7 Å². The van der Waals surface area contributed by atoms with Gasteiger partial charge >= 0.3 is 0 Å². The van der Waals surface area contributed by atoms with Crippen LogP contribution in [-0.4, -0.2) is 95.1 Å². The molecule has 1 amide bonds. The quantitative estimate of drug-likeness (QED) is 0.139. The van der Waals surface area contributed by atoms with Crippen LogP contribution in [0.5, 0.6) is 5.75 Å². The van der Waals surface area contributed by atoms with Gasteiger partial charge in [0.25, 0.3) is 0 Å². The van der Waals surface area contributed by atoms with Crippen molar-refractivity contribution in [1.29, 1.82) is 0 Å². The fourth-order valence-corrected chi connectivity index (χ4v) is 4.77. The lowest BCUT2D eigenvalue weighted by Crippen LogP contribution is -2.30. The summed E-state index contributed by atoms with van der Waals surface area (Å²) in [5, 5.41) is 4.90. The Bertz CT molecular complexity index is 1680. The van der Waals surface area contributed by atoms with E-state index >= 15 is 0 Å². The molecule has 3 aromatic heterocycles. The predicted molar refractivity (Wildman–Crippen MR) is 175 cm³/mol. The molecule has 5 rings (SSSR count). The van der Waals surface area contributed by atoms with E-state index < -0.39 is 0 Å². The Balaban J connectivity index is 1.18. The van der Waals surface area contributed by atoms with Crippen LogP contribution < -0.4 is 15.0 Å². The number of fused-ring (bicyclic) bond motifs is 2. The molecule has 1 N–H and O–H groups in total. The van der Waals surface area contributed by atoms with Crippen molar-refractivity contribution in [2.45, 2.75) is 12.8 Å². The van der Waals surface area contributed by atoms with Crippen LogP contribution in [0.2, 0.25) is 0 Å². The molecule has 0 bridgehead atoms. The molecule has 0 aliphatic heterocycles. The smallest absolute Gasteiger partial charge is 0.221 e. The number of rotatable bonds is 17. The van der Waals surface area contributed by atoms with E-state index in [9.17, 15) is 4.79 Å². The van der Waals surface area contributed by atoms with Crippen molar-refractivity contribution in [2.75, 3.05) is 79.2 Å². The first-order chi connectivity index (χ1) is 21.9. The van der Waals surface area contributed by atoms with E-state index in [1.54, 1.807) is 19.5 Å². The number of benzene rings is 2. The van der Waals surface area contributed by atoms with E-state index in [0.717, 1.165) is 35.0 Å². The minimum absolute atomic E-state index is 0.0565. The molecule has 5 aromatic rings. The van der Waals surface area contributed by atoms with E-state index in [1.165, 1.54) is 0 Å². The van der Waals surface area contributed by atoms with Crippen LogP contribution in [0.15, 0.2) is 69.8 Å². The number of methoxy groups -OCH3 is 1. The number of ether oxygens (including phenoxy) is 3. The number of amides is 1. The van der Waals surface area contributed by atoms with Gasteiger partial charge in [-0.2, -0.15) is 0 Å². The van der Waals surface area contributed by atoms with Crippen LogP contribution >= 0.6 is 0 Å². The molecule has 0 aliphatic carbocycles. The van der Waals surface area contributed by atoms with E-state index in [1.807, 2.05) is 69.7 Å². The van der Waals surface area contributed by atoms with Crippen molar-refractivity contribution < 1.29 is 27.8 Å². The molecule has 11 nitrogen and oxygen atoms in total. The van der Waals surface area contributed by atoms with Gasteiger partial charge < -0.3 is 38.2 Å². The van der Waals surface area contributed by atoms with Crippen molar-refractivity contribution in [3.05, 3.63) is 60.9 Å². The van der Waals surface area contributed by atoms with Gasteiger partial charge in [-0.15, -0.1) is 0 Å². The van der Waals surface area contributed by atoms with Crippen LogP contribution in [0.1, 0.15) is 12.8 Å². The lowest BCUT2D eigenvalue weighted by atomic mass is 10.2. The topological polar surface area (TPSA) is 115 Å². The number of nitrogens with zero attached hydrogens (tertiary/aromatic N) is 4. The molecule has 11 heteroatoms. The molecule has 238 valence electrons. The monoisotopic (exact) mass is 615 g/mol. The number of furan rings is 2. The molecule has 0 radical (unpaired) electrons. The second-order valence-electron chi connectivity index (χ2n) is 11.1. The fraction of sp³-hybridized carbons (Fsp3) is 0.382. The normalized spacial score (nSPS) is 11.5. The molecule has 45 heavy (non-hydrogen) atoms. The lowest BCUT2D eigenvalue weighted by Gasteiger charge is -2.19. The number of nitrogens with one attached hydrogen (secondary N) is 1. The molecule has 0 spiro atoms. The summed E-state index contributed by atoms with van der Waals surface area (Å²) in [6, 6.07) is 15.6. The number of carbonyl (C=O) groups is 1. The van der Waals surface area contributed by atoms with E-state index in [4.69, 9.17) is 23.0 Å². The fourth-order valence-electron chi connectivity index (χ4n) is 4.77. The van der Waals surface area contributed by atoms with Crippen LogP contribution in [0, 0.1) is 0 Å². The standard InChI is InChI=1S/C34H41N5O6/c1-38(2)12-5-11-35-34(40)10-13-39(3)26-8-6-24-18-32(44-30(24)20-26)28-22-37-29(23-36-28)33-19-25-7-9-27(21-31(25)45-33)43-17-16-42-15-14-41-4/h6-9,18-23H,5,10-17H2,1-4H3,(H,35,40). The summed E-state index contributed by atoms with van der Waals surface area (Å²) in [7, 11) is 7.67. The Labute approximate surface area is 263 Å². The predicted octanol–water partition coefficient (Wildman–Crippen LogP) is 5.24. The average Bonchev–Trinajstić information content (AvgIpc) is 3.67. The highest BCUT2D eigenvalue weighted by molar-refractivity contribution is 5.86. The highest BCUT2D eigenvalue weighted by atomic mass is 16.5. The molecule has 0 unspecified atom stereocenters. The number of anilines is 1. The average molecular weight is 616 g/mol. The highest BCUT2D eigenvalue weighted by Crippen LogP contribution is 2.32. The molecule has 3 heterocycles. The van der Waals surface area contributed by atoms with Gasteiger partial charge in [0, 0.05) is 62.3 Å². The zero-order valence-electron chi connectivity index (χ0n) is 26.4. The van der Waals surface area contributed by atoms with Crippen molar-refractivity contribution in [1.82, 2.24) is 20.2 Å². The molecule has 2 aromatic carbocycles. The zero-order chi connectivity index (χ0) is 31.6. The molecule has 0 aliphatic rings. The SMILES string of the molecule is COCCOCCOc1ccc2cc(-c3cnc(-c4cc5ccc(N(C)CCC(=O)NCCCN(C)C)cc5o4)cn3)oc2c1. The van der Waals surface area contributed by atoms with E-state index in [0.29, 0.717) is 80.2 Å². The summed E-state index contributed by atoms with van der Waals surface area (Å²) in [5.41, 5.74) is 3.65. The molecular weight excluding hydrogens is 574 g/mol. The Morgan fingerprint density at radius 1 is 0.822 bits per heavy atom. The molecule has 0 fully saturated rings. The van der Waals surface area contributed by atoms with Gasteiger partial charge in [0.05, 0.1) is 32.2 Å². The number of carbonyl (C=O) groups excluding carboxylic acids is 1. The van der Waals surface area contributed by atoms with Crippen LogP contribution in [0.4, 0.5) is 5.69 Å². The minimum atomic E-state index is 0.0565. The van der Waals surface area contributed by atoms with Crippen LogP contribution in [0.25, 0.3) is 44.8 Å². The zero-order valence-corrected chi connectivity index (χ0v) is 26.4. The van der Waals surface area contributed by atoms with E-state index in [-0.39, 0.29) is 5.91 Å². The summed E-state index contributed by atoms with van der Waals surface area (Å²) in [5.74, 6) is 2.00. The number of aromatic nitrogens is 2. The maximum Gasteiger partial charge on any atom is 0.221 e. The Morgan fingerprint density at radius 2 is 1.49 bits per heavy atom.